The first-order chi connectivity index (χ1) is 15.9. The van der Waals surface area contributed by atoms with Gasteiger partial charge in [-0.15, -0.1) is 6.58 Å². The number of unbranched alkanes of at least 4 members (excludes halogenated alkanes) is 8. The van der Waals surface area contributed by atoms with Crippen molar-refractivity contribution in [3.05, 3.63) is 73.3 Å². The van der Waals surface area contributed by atoms with Gasteiger partial charge in [0.15, 0.2) is 0 Å². The molecule has 0 saturated heterocycles. The number of benzene rings is 2. The molecule has 0 fully saturated rings. The Hall–Kier alpha value is -1.68. The van der Waals surface area contributed by atoms with Crippen molar-refractivity contribution in [2.24, 2.45) is 0 Å². The van der Waals surface area contributed by atoms with Crippen molar-refractivity contribution in [2.45, 2.75) is 96.1 Å². The molecule has 0 aliphatic heterocycles. The fourth-order valence-corrected chi connectivity index (χ4v) is 9.40. The summed E-state index contributed by atoms with van der Waals surface area (Å²) in [5, 5.41) is 12.3. The average Bonchev–Trinajstić information content (AvgIpc) is 2.82. The molecule has 0 spiro atoms. The average molecular weight is 467 g/mol. The van der Waals surface area contributed by atoms with Crippen molar-refractivity contribution >= 4 is 18.7 Å². The van der Waals surface area contributed by atoms with Gasteiger partial charge in [-0.05, 0) is 28.3 Å². The normalized spacial score (nSPS) is 13.1. The summed E-state index contributed by atoms with van der Waals surface area (Å²) in [5.41, 5.74) is 0. The molecule has 1 unspecified atom stereocenters. The summed E-state index contributed by atoms with van der Waals surface area (Å²) in [6.07, 6.45) is 13.4. The highest BCUT2D eigenvalue weighted by Gasteiger charge is 2.49. The van der Waals surface area contributed by atoms with Crippen LogP contribution in [-0.4, -0.2) is 26.1 Å². The number of aliphatic hydroxyl groups excluding tert-OH is 1. The zero-order chi connectivity index (χ0) is 24.0. The van der Waals surface area contributed by atoms with Crippen molar-refractivity contribution < 1.29 is 9.53 Å². The number of rotatable bonds is 16. The van der Waals surface area contributed by atoms with Crippen LogP contribution >= 0.6 is 0 Å². The van der Waals surface area contributed by atoms with E-state index in [2.05, 4.69) is 88.0 Å². The third kappa shape index (κ3) is 8.55. The Morgan fingerprint density at radius 1 is 0.758 bits per heavy atom. The lowest BCUT2D eigenvalue weighted by molar-refractivity contribution is 0.208. The molecular weight excluding hydrogens is 420 g/mol. The van der Waals surface area contributed by atoms with Gasteiger partial charge in [-0.2, -0.15) is 0 Å². The maximum Gasteiger partial charge on any atom is 0.261 e. The Labute approximate surface area is 204 Å². The summed E-state index contributed by atoms with van der Waals surface area (Å²) in [7, 11) is -2.38. The van der Waals surface area contributed by atoms with Crippen LogP contribution in [0.1, 0.15) is 85.0 Å². The van der Waals surface area contributed by atoms with E-state index in [0.29, 0.717) is 0 Å². The Morgan fingerprint density at radius 2 is 1.18 bits per heavy atom. The minimum absolute atomic E-state index is 0.0530. The molecule has 1 atom stereocenters. The molecule has 1 N–H and O–H groups in total. The van der Waals surface area contributed by atoms with Crippen LogP contribution in [0.15, 0.2) is 73.3 Å². The van der Waals surface area contributed by atoms with E-state index in [1.807, 2.05) is 0 Å². The number of aliphatic hydroxyl groups is 1. The van der Waals surface area contributed by atoms with Crippen LogP contribution < -0.4 is 10.4 Å². The van der Waals surface area contributed by atoms with E-state index in [-0.39, 0.29) is 11.1 Å². The van der Waals surface area contributed by atoms with Gasteiger partial charge in [-0.1, -0.05) is 139 Å². The van der Waals surface area contributed by atoms with Gasteiger partial charge in [0.05, 0.1) is 6.10 Å². The molecule has 3 heteroatoms. The second kappa shape index (κ2) is 14.6. The second-order valence-corrected chi connectivity index (χ2v) is 14.6. The topological polar surface area (TPSA) is 29.5 Å². The van der Waals surface area contributed by atoms with Gasteiger partial charge in [0, 0.05) is 6.61 Å². The van der Waals surface area contributed by atoms with Crippen LogP contribution in [0.3, 0.4) is 0 Å². The molecule has 0 aliphatic carbocycles. The minimum atomic E-state index is -2.38. The Kier molecular flexibility index (Phi) is 12.2. The van der Waals surface area contributed by atoms with Crippen molar-refractivity contribution in [2.75, 3.05) is 6.61 Å². The standard InChI is InChI=1S/C30H46O2Si/c1-5-27(31)21-15-11-9-7-6-8-10-12-20-26-32-33(30(2,3)4,28-22-16-13-17-23-28)29-24-18-14-19-25-29/h5,13-14,16-19,22-25,27,31H,1,6-12,15,20-21,26H2,2-4H3. The predicted molar refractivity (Wildman–Crippen MR) is 146 cm³/mol. The van der Waals surface area contributed by atoms with Gasteiger partial charge in [0.2, 0.25) is 0 Å². The van der Waals surface area contributed by atoms with E-state index in [0.717, 1.165) is 25.9 Å². The maximum atomic E-state index is 9.50. The molecule has 0 aromatic heterocycles. The Bertz CT molecular complexity index is 727. The fourth-order valence-electron chi connectivity index (χ4n) is 4.80. The van der Waals surface area contributed by atoms with Gasteiger partial charge < -0.3 is 9.53 Å². The maximum absolute atomic E-state index is 9.50. The van der Waals surface area contributed by atoms with Crippen LogP contribution in [0, 0.1) is 0 Å². The van der Waals surface area contributed by atoms with Crippen molar-refractivity contribution in [3.63, 3.8) is 0 Å². The minimum Gasteiger partial charge on any atom is -0.407 e. The van der Waals surface area contributed by atoms with Gasteiger partial charge >= 0.3 is 0 Å². The summed E-state index contributed by atoms with van der Waals surface area (Å²) in [6.45, 7) is 11.5. The second-order valence-electron chi connectivity index (χ2n) is 10.3. The van der Waals surface area contributed by atoms with E-state index in [9.17, 15) is 5.11 Å². The molecule has 0 heterocycles. The SMILES string of the molecule is C=CC(O)CCCCCCCCCCCO[Si](c1ccccc1)(c1ccccc1)C(C)(C)C. The van der Waals surface area contributed by atoms with Gasteiger partial charge in [-0.25, -0.2) is 0 Å². The first kappa shape index (κ1) is 27.6. The van der Waals surface area contributed by atoms with Gasteiger partial charge in [0.25, 0.3) is 8.32 Å². The van der Waals surface area contributed by atoms with Crippen molar-refractivity contribution in [1.82, 2.24) is 0 Å². The van der Waals surface area contributed by atoms with Crippen molar-refractivity contribution in [1.29, 1.82) is 0 Å². The van der Waals surface area contributed by atoms with Gasteiger partial charge in [0.1, 0.15) is 0 Å². The quantitative estimate of drug-likeness (QED) is 0.164. The number of hydrogen-bond donors (Lipinski definition) is 1. The monoisotopic (exact) mass is 466 g/mol. The molecule has 0 saturated carbocycles. The third-order valence-electron chi connectivity index (χ3n) is 6.65. The lowest BCUT2D eigenvalue weighted by atomic mass is 10.1. The third-order valence-corrected chi connectivity index (χ3v) is 11.7. The van der Waals surface area contributed by atoms with Crippen LogP contribution in [0.4, 0.5) is 0 Å². The molecule has 0 amide bonds. The number of hydrogen-bond acceptors (Lipinski definition) is 2. The summed E-state index contributed by atoms with van der Waals surface area (Å²) >= 11 is 0. The van der Waals surface area contributed by atoms with E-state index in [1.165, 1.54) is 55.3 Å². The highest BCUT2D eigenvalue weighted by atomic mass is 28.4. The van der Waals surface area contributed by atoms with E-state index in [4.69, 9.17) is 4.43 Å². The van der Waals surface area contributed by atoms with E-state index in [1.54, 1.807) is 6.08 Å². The van der Waals surface area contributed by atoms with E-state index < -0.39 is 8.32 Å². The molecular formula is C30H46O2Si. The Morgan fingerprint density at radius 3 is 1.61 bits per heavy atom. The lowest BCUT2D eigenvalue weighted by Crippen LogP contribution is -2.66. The zero-order valence-corrected chi connectivity index (χ0v) is 22.3. The van der Waals surface area contributed by atoms with E-state index >= 15 is 0 Å². The molecule has 2 aromatic carbocycles. The molecule has 0 bridgehead atoms. The highest BCUT2D eigenvalue weighted by molar-refractivity contribution is 6.99. The molecule has 2 rings (SSSR count). The molecule has 2 aromatic rings. The Balaban J connectivity index is 1.80. The fraction of sp³-hybridized carbons (Fsp3) is 0.533. The van der Waals surface area contributed by atoms with Crippen molar-refractivity contribution in [3.8, 4) is 0 Å². The molecule has 0 aliphatic rings. The smallest absolute Gasteiger partial charge is 0.261 e. The molecule has 2 nitrogen and oxygen atoms in total. The summed E-state index contributed by atoms with van der Waals surface area (Å²) < 4.78 is 6.98. The highest BCUT2D eigenvalue weighted by Crippen LogP contribution is 2.36. The molecule has 33 heavy (non-hydrogen) atoms. The van der Waals surface area contributed by atoms with Gasteiger partial charge in [-0.3, -0.25) is 0 Å². The van der Waals surface area contributed by atoms with Crippen LogP contribution in [0.2, 0.25) is 5.04 Å². The van der Waals surface area contributed by atoms with Crippen LogP contribution in [-0.2, 0) is 4.43 Å². The lowest BCUT2D eigenvalue weighted by Gasteiger charge is -2.43. The first-order valence-electron chi connectivity index (χ1n) is 13.0. The van der Waals surface area contributed by atoms with Crippen LogP contribution in [0.25, 0.3) is 0 Å². The van der Waals surface area contributed by atoms with Crippen LogP contribution in [0.5, 0.6) is 0 Å². The molecule has 0 radical (unpaired) electrons. The zero-order valence-electron chi connectivity index (χ0n) is 21.3. The first-order valence-corrected chi connectivity index (χ1v) is 14.9. The molecule has 182 valence electrons. The largest absolute Gasteiger partial charge is 0.407 e. The summed E-state index contributed by atoms with van der Waals surface area (Å²) in [4.78, 5) is 0. The summed E-state index contributed by atoms with van der Waals surface area (Å²) in [5.74, 6) is 0. The summed E-state index contributed by atoms with van der Waals surface area (Å²) in [6, 6.07) is 21.9. The predicted octanol–water partition coefficient (Wildman–Crippen LogP) is 7.01.